The number of unbranched alkanes of at least 4 members (excludes halogenated alkanes) is 41. The lowest BCUT2D eigenvalue weighted by atomic mass is 10.0. The van der Waals surface area contributed by atoms with E-state index in [0.717, 1.165) is 134 Å². The molecule has 0 aliphatic rings. The van der Waals surface area contributed by atoms with Gasteiger partial charge in [-0.3, -0.25) is 37.3 Å². The molecule has 19 heteroatoms. The highest BCUT2D eigenvalue weighted by Gasteiger charge is 2.30. The van der Waals surface area contributed by atoms with Crippen LogP contribution in [0.2, 0.25) is 0 Å². The Morgan fingerprint density at radius 2 is 0.535 bits per heavy atom. The smallest absolute Gasteiger partial charge is 0.462 e. The topological polar surface area (TPSA) is 237 Å². The minimum atomic E-state index is -4.97. The largest absolute Gasteiger partial charge is 0.472 e. The van der Waals surface area contributed by atoms with Gasteiger partial charge in [0, 0.05) is 25.7 Å². The van der Waals surface area contributed by atoms with Crippen molar-refractivity contribution in [1.29, 1.82) is 0 Å². The highest BCUT2D eigenvalue weighted by Crippen LogP contribution is 2.45. The molecule has 17 nitrogen and oxygen atoms in total. The summed E-state index contributed by atoms with van der Waals surface area (Å²) >= 11 is 0. The van der Waals surface area contributed by atoms with Gasteiger partial charge in [-0.05, 0) is 88.9 Å². The van der Waals surface area contributed by atoms with Crippen LogP contribution in [0.1, 0.15) is 382 Å². The molecule has 0 aliphatic heterocycles. The molecule has 0 fully saturated rings. The van der Waals surface area contributed by atoms with Crippen LogP contribution in [-0.4, -0.2) is 96.7 Å². The molecule has 0 aromatic rings. The van der Waals surface area contributed by atoms with Crippen LogP contribution in [0.3, 0.4) is 0 Å². The summed E-state index contributed by atoms with van der Waals surface area (Å²) in [6.07, 6.45) is 68.4. The molecule has 0 saturated carbocycles. The molecule has 5 atom stereocenters. The molecule has 3 N–H and O–H groups in total. The molecule has 0 aromatic heterocycles. The van der Waals surface area contributed by atoms with Crippen LogP contribution < -0.4 is 0 Å². The fourth-order valence-electron chi connectivity index (χ4n) is 11.6. The number of phosphoric acid groups is 2. The average Bonchev–Trinajstić information content (AvgIpc) is 0.988. The molecule has 0 aromatic carbocycles. The van der Waals surface area contributed by atoms with Gasteiger partial charge in [-0.1, -0.05) is 328 Å². The molecule has 0 spiro atoms. The van der Waals surface area contributed by atoms with Gasteiger partial charge in [-0.25, -0.2) is 9.13 Å². The Labute approximate surface area is 617 Å². The quantitative estimate of drug-likeness (QED) is 0.0169. The Hall–Kier alpha value is -2.98. The van der Waals surface area contributed by atoms with Gasteiger partial charge in [-0.15, -0.1) is 0 Å². The van der Waals surface area contributed by atoms with Crippen molar-refractivity contribution in [3.8, 4) is 0 Å². The Kier molecular flexibility index (Phi) is 70.4. The molecule has 0 bridgehead atoms. The predicted octanol–water partition coefficient (Wildman–Crippen LogP) is 23.8. The lowest BCUT2D eigenvalue weighted by Crippen LogP contribution is -2.30. The standard InChI is InChI=1S/C82H152O17P2/c1-7-9-11-13-15-17-19-21-27-32-36-40-46-52-58-64-79(84)92-70-77(98-81(86)67-61-55-48-42-38-34-30-26-24-23-25-29-31-35-39-44-50-56-62-74(3)4)72-96-100(88,89)94-68-76(83)69-95-101(90,91)97-73-78(71-93-80(85)65-59-53-49-43-45-51-57-63-75(5)6)99-82(87)66-60-54-47-41-37-33-28-22-20-18-16-14-12-10-8-2/h17-22,27-28,74-78,83H,7-16,23-26,29-73H2,1-6H3,(H,88,89)(H,90,91)/b19-17-,20-18-,27-21-,28-22-/t76?,77-,78-/m1/s1. The number of aliphatic hydroxyl groups is 1. The molecule has 101 heavy (non-hydrogen) atoms. The summed E-state index contributed by atoms with van der Waals surface area (Å²) in [4.78, 5) is 73.0. The van der Waals surface area contributed by atoms with Crippen molar-refractivity contribution in [2.45, 2.75) is 400 Å². The van der Waals surface area contributed by atoms with Crippen LogP contribution in [0.5, 0.6) is 0 Å². The van der Waals surface area contributed by atoms with Crippen molar-refractivity contribution in [1.82, 2.24) is 0 Å². The number of ether oxygens (including phenoxy) is 4. The first-order valence-corrected chi connectivity index (χ1v) is 44.1. The summed E-state index contributed by atoms with van der Waals surface area (Å²) in [5, 5.41) is 10.6. The fourth-order valence-corrected chi connectivity index (χ4v) is 13.2. The highest BCUT2D eigenvalue weighted by atomic mass is 31.2. The van der Waals surface area contributed by atoms with Crippen molar-refractivity contribution in [2.24, 2.45) is 11.8 Å². The number of aliphatic hydroxyl groups excluding tert-OH is 1. The molecule has 0 radical (unpaired) electrons. The van der Waals surface area contributed by atoms with Crippen LogP contribution >= 0.6 is 15.6 Å². The highest BCUT2D eigenvalue weighted by molar-refractivity contribution is 7.47. The summed E-state index contributed by atoms with van der Waals surface area (Å²) in [6, 6.07) is 0. The van der Waals surface area contributed by atoms with Gasteiger partial charge < -0.3 is 33.8 Å². The number of carbonyl (C=O) groups excluding carboxylic acids is 4. The maximum atomic E-state index is 13.1. The first-order valence-electron chi connectivity index (χ1n) is 41.1. The maximum Gasteiger partial charge on any atom is 0.472 e. The van der Waals surface area contributed by atoms with E-state index >= 15 is 0 Å². The first-order chi connectivity index (χ1) is 48.9. The van der Waals surface area contributed by atoms with Crippen LogP contribution in [-0.2, 0) is 65.4 Å². The van der Waals surface area contributed by atoms with Crippen LogP contribution in [0.15, 0.2) is 48.6 Å². The third-order valence-corrected chi connectivity index (χ3v) is 19.9. The molecule has 592 valence electrons. The van der Waals surface area contributed by atoms with E-state index < -0.39 is 97.5 Å². The van der Waals surface area contributed by atoms with Gasteiger partial charge in [0.05, 0.1) is 26.4 Å². The van der Waals surface area contributed by atoms with Crippen LogP contribution in [0.25, 0.3) is 0 Å². The Morgan fingerprint density at radius 3 is 0.802 bits per heavy atom. The van der Waals surface area contributed by atoms with E-state index in [1.54, 1.807) is 0 Å². The van der Waals surface area contributed by atoms with Gasteiger partial charge >= 0.3 is 39.5 Å². The minimum absolute atomic E-state index is 0.0820. The summed E-state index contributed by atoms with van der Waals surface area (Å²) in [5.41, 5.74) is 0. The summed E-state index contributed by atoms with van der Waals surface area (Å²) < 4.78 is 68.6. The van der Waals surface area contributed by atoms with Gasteiger partial charge in [0.15, 0.2) is 12.2 Å². The molecule has 3 unspecified atom stereocenters. The molecule has 0 saturated heterocycles. The van der Waals surface area contributed by atoms with Gasteiger partial charge in [-0.2, -0.15) is 0 Å². The first kappa shape index (κ1) is 98.0. The average molecular weight is 1470 g/mol. The molecular weight excluding hydrogens is 1320 g/mol. The number of rotatable bonds is 77. The molecular formula is C82H152O17P2. The van der Waals surface area contributed by atoms with Crippen molar-refractivity contribution >= 4 is 39.5 Å². The van der Waals surface area contributed by atoms with Crippen LogP contribution in [0.4, 0.5) is 0 Å². The summed E-state index contributed by atoms with van der Waals surface area (Å²) in [7, 11) is -9.94. The van der Waals surface area contributed by atoms with Crippen molar-refractivity contribution < 1.29 is 80.2 Å². The lowest BCUT2D eigenvalue weighted by Gasteiger charge is -2.21. The van der Waals surface area contributed by atoms with Gasteiger partial charge in [0.1, 0.15) is 19.3 Å². The molecule has 0 rings (SSSR count). The predicted molar refractivity (Wildman–Crippen MR) is 413 cm³/mol. The monoisotopic (exact) mass is 1470 g/mol. The van der Waals surface area contributed by atoms with E-state index in [9.17, 15) is 43.2 Å². The second-order valence-electron chi connectivity index (χ2n) is 29.1. The Balaban J connectivity index is 5.29. The zero-order chi connectivity index (χ0) is 74.2. The van der Waals surface area contributed by atoms with Crippen molar-refractivity contribution in [2.75, 3.05) is 39.6 Å². The number of esters is 4. The second-order valence-corrected chi connectivity index (χ2v) is 32.0. The number of hydrogen-bond donors (Lipinski definition) is 3. The van der Waals surface area contributed by atoms with Crippen molar-refractivity contribution in [3.63, 3.8) is 0 Å². The third kappa shape index (κ3) is 75.1. The van der Waals surface area contributed by atoms with Crippen LogP contribution in [0, 0.1) is 11.8 Å². The number of carbonyl (C=O) groups is 4. The van der Waals surface area contributed by atoms with E-state index in [4.69, 9.17) is 37.0 Å². The second kappa shape index (κ2) is 72.6. The fraction of sp³-hybridized carbons (Fsp3) is 0.854. The van der Waals surface area contributed by atoms with Crippen molar-refractivity contribution in [3.05, 3.63) is 48.6 Å². The van der Waals surface area contributed by atoms with Gasteiger partial charge in [0.2, 0.25) is 0 Å². The third-order valence-electron chi connectivity index (χ3n) is 18.0. The Morgan fingerprint density at radius 1 is 0.307 bits per heavy atom. The number of allylic oxidation sites excluding steroid dienone is 8. The normalized spacial score (nSPS) is 14.2. The minimum Gasteiger partial charge on any atom is -0.462 e. The lowest BCUT2D eigenvalue weighted by molar-refractivity contribution is -0.161. The van der Waals surface area contributed by atoms with Gasteiger partial charge in [0.25, 0.3) is 0 Å². The van der Waals surface area contributed by atoms with E-state index in [1.807, 2.05) is 0 Å². The molecule has 0 heterocycles. The SMILES string of the molecule is CCCCCC/C=C\C=C/CCCCCCCC(=O)OC[C@H](COP(=O)(O)OCC(O)COP(=O)(O)OC[C@@H](COC(=O)CCCCCCCCCC(C)C)OC(=O)CCCCCCC/C=C\C=C/CCCCCC)OC(=O)CCCCCCCCCCCCCCCCCCCCC(C)C. The Bertz CT molecular complexity index is 2130. The zero-order valence-corrected chi connectivity index (χ0v) is 67.0. The van der Waals surface area contributed by atoms with E-state index in [2.05, 4.69) is 90.2 Å². The summed E-state index contributed by atoms with van der Waals surface area (Å²) in [6.45, 7) is 9.47. The molecule has 0 aliphatic carbocycles. The van der Waals surface area contributed by atoms with E-state index in [1.165, 1.54) is 161 Å². The maximum absolute atomic E-state index is 13.1. The number of phosphoric ester groups is 2. The van der Waals surface area contributed by atoms with E-state index in [-0.39, 0.29) is 25.7 Å². The zero-order valence-electron chi connectivity index (χ0n) is 65.2. The number of hydrogen-bond acceptors (Lipinski definition) is 15. The molecule has 0 amide bonds. The summed E-state index contributed by atoms with van der Waals surface area (Å²) in [5.74, 6) is -0.653. The van der Waals surface area contributed by atoms with E-state index in [0.29, 0.717) is 31.6 Å².